The lowest BCUT2D eigenvalue weighted by atomic mass is 9.52. The summed E-state index contributed by atoms with van der Waals surface area (Å²) < 4.78 is 6.37. The van der Waals surface area contributed by atoms with E-state index in [1.165, 1.54) is 22.4 Å². The molecule has 1 N–H and O–H groups in total. The first-order valence-electron chi connectivity index (χ1n) is 9.96. The van der Waals surface area contributed by atoms with Gasteiger partial charge in [-0.05, 0) is 50.1 Å². The second kappa shape index (κ2) is 6.00. The fourth-order valence-corrected chi connectivity index (χ4v) is 5.37. The number of para-hydroxylation sites is 2. The van der Waals surface area contributed by atoms with Crippen molar-refractivity contribution in [2.75, 3.05) is 5.32 Å². The minimum Gasteiger partial charge on any atom is -0.457 e. The summed E-state index contributed by atoms with van der Waals surface area (Å²) in [6.07, 6.45) is 13.2. The molecule has 2 aliphatic heterocycles. The number of nitrogens with one attached hydrogen (secondary N) is 1. The highest BCUT2D eigenvalue weighted by atomic mass is 16.5. The summed E-state index contributed by atoms with van der Waals surface area (Å²) in [6, 6.07) is 17.2. The van der Waals surface area contributed by atoms with E-state index in [0.29, 0.717) is 0 Å². The lowest BCUT2D eigenvalue weighted by molar-refractivity contribution is 0.284. The maximum Gasteiger partial charge on any atom is 0.131 e. The Morgan fingerprint density at radius 1 is 1.00 bits per heavy atom. The van der Waals surface area contributed by atoms with Crippen LogP contribution in [0.3, 0.4) is 0 Å². The molecule has 1 spiro atoms. The molecule has 3 aliphatic rings. The fourth-order valence-electron chi connectivity index (χ4n) is 5.37. The second-order valence-corrected chi connectivity index (χ2v) is 8.07. The van der Waals surface area contributed by atoms with Crippen LogP contribution in [0.1, 0.15) is 31.9 Å². The molecule has 2 unspecified atom stereocenters. The van der Waals surface area contributed by atoms with Gasteiger partial charge < -0.3 is 10.1 Å². The number of rotatable bonds is 1. The van der Waals surface area contributed by atoms with Crippen LogP contribution in [0.4, 0.5) is 5.69 Å². The zero-order valence-electron chi connectivity index (χ0n) is 16.6. The van der Waals surface area contributed by atoms with E-state index in [-0.39, 0.29) is 16.9 Å². The predicted octanol–water partition coefficient (Wildman–Crippen LogP) is 6.14. The molecule has 2 heterocycles. The lowest BCUT2D eigenvalue weighted by Crippen LogP contribution is -2.57. The van der Waals surface area contributed by atoms with E-state index >= 15 is 0 Å². The molecule has 0 fully saturated rings. The number of allylic oxidation sites excluding steroid dienone is 5. The van der Waals surface area contributed by atoms with Crippen LogP contribution in [0.2, 0.25) is 0 Å². The van der Waals surface area contributed by atoms with Crippen molar-refractivity contribution in [2.45, 2.75) is 31.7 Å². The van der Waals surface area contributed by atoms with Gasteiger partial charge in [0.15, 0.2) is 0 Å². The molecule has 0 radical (unpaired) electrons. The van der Waals surface area contributed by atoms with Gasteiger partial charge in [-0.15, -0.1) is 0 Å². The summed E-state index contributed by atoms with van der Waals surface area (Å²) in [5.41, 5.74) is 4.53. The third kappa shape index (κ3) is 2.09. The van der Waals surface area contributed by atoms with Crippen LogP contribution in [0, 0.1) is 5.92 Å². The van der Waals surface area contributed by atoms with E-state index in [1.807, 2.05) is 6.92 Å². The first-order chi connectivity index (χ1) is 13.6. The zero-order valence-corrected chi connectivity index (χ0v) is 16.6. The van der Waals surface area contributed by atoms with E-state index in [2.05, 4.69) is 104 Å². The molecule has 140 valence electrons. The molecule has 28 heavy (non-hydrogen) atoms. The molecular weight excluding hydrogens is 342 g/mol. The maximum absolute atomic E-state index is 6.37. The van der Waals surface area contributed by atoms with Crippen LogP contribution in [-0.4, -0.2) is 5.54 Å². The molecule has 0 saturated heterocycles. The molecule has 1 aliphatic carbocycles. The Morgan fingerprint density at radius 2 is 1.75 bits per heavy atom. The Morgan fingerprint density at radius 3 is 2.57 bits per heavy atom. The van der Waals surface area contributed by atoms with Crippen LogP contribution in [-0.2, 0) is 5.41 Å². The minimum absolute atomic E-state index is 0.185. The Hall–Kier alpha value is -3.00. The molecular formula is C26H25NO. The summed E-state index contributed by atoms with van der Waals surface area (Å²) in [7, 11) is 0. The van der Waals surface area contributed by atoms with Gasteiger partial charge in [0.1, 0.15) is 11.5 Å². The van der Waals surface area contributed by atoms with E-state index in [0.717, 1.165) is 11.5 Å². The maximum atomic E-state index is 6.37. The van der Waals surface area contributed by atoms with Crippen molar-refractivity contribution >= 4 is 5.69 Å². The number of hydrogen-bond donors (Lipinski definition) is 1. The molecule has 2 aromatic rings. The van der Waals surface area contributed by atoms with Gasteiger partial charge in [0.25, 0.3) is 0 Å². The lowest BCUT2D eigenvalue weighted by Gasteiger charge is -2.56. The van der Waals surface area contributed by atoms with E-state index < -0.39 is 0 Å². The predicted molar refractivity (Wildman–Crippen MR) is 116 cm³/mol. The third-order valence-electron chi connectivity index (χ3n) is 6.54. The molecule has 2 heteroatoms. The van der Waals surface area contributed by atoms with Crippen LogP contribution >= 0.6 is 0 Å². The topological polar surface area (TPSA) is 21.3 Å². The highest BCUT2D eigenvalue weighted by Gasteiger charge is 2.57. The third-order valence-corrected chi connectivity index (χ3v) is 6.54. The Labute approximate surface area is 166 Å². The van der Waals surface area contributed by atoms with Gasteiger partial charge in [0, 0.05) is 17.2 Å². The molecule has 5 rings (SSSR count). The number of benzene rings is 2. The fraction of sp³-hybridized carbons (Fsp3) is 0.231. The van der Waals surface area contributed by atoms with Crippen LogP contribution in [0.15, 0.2) is 96.3 Å². The normalized spacial score (nSPS) is 29.9. The Kier molecular flexibility index (Phi) is 3.67. The number of fused-ring (bicyclic) bond motifs is 6. The van der Waals surface area contributed by atoms with Gasteiger partial charge in [0.05, 0.1) is 11.0 Å². The van der Waals surface area contributed by atoms with Crippen molar-refractivity contribution in [3.8, 4) is 5.75 Å². The van der Waals surface area contributed by atoms with Crippen LogP contribution < -0.4 is 10.1 Å². The van der Waals surface area contributed by atoms with Gasteiger partial charge in [-0.3, -0.25) is 0 Å². The molecule has 2 nitrogen and oxygen atoms in total. The Balaban J connectivity index is 1.95. The van der Waals surface area contributed by atoms with Gasteiger partial charge in [-0.1, -0.05) is 66.8 Å². The highest BCUT2D eigenvalue weighted by Crippen LogP contribution is 2.60. The first-order valence-corrected chi connectivity index (χ1v) is 9.96. The molecule has 3 atom stereocenters. The zero-order chi connectivity index (χ0) is 19.4. The molecule has 0 saturated carbocycles. The molecule has 0 bridgehead atoms. The first kappa shape index (κ1) is 17.1. The number of hydrogen-bond acceptors (Lipinski definition) is 2. The average Bonchev–Trinajstić information content (AvgIpc) is 2.71. The van der Waals surface area contributed by atoms with Crippen molar-refractivity contribution in [3.63, 3.8) is 0 Å². The van der Waals surface area contributed by atoms with Gasteiger partial charge in [-0.2, -0.15) is 0 Å². The quantitative estimate of drug-likeness (QED) is 0.653. The van der Waals surface area contributed by atoms with Crippen LogP contribution in [0.5, 0.6) is 5.75 Å². The summed E-state index contributed by atoms with van der Waals surface area (Å²) in [5.74, 6) is 2.12. The summed E-state index contributed by atoms with van der Waals surface area (Å²) in [6.45, 7) is 6.58. The van der Waals surface area contributed by atoms with Crippen molar-refractivity contribution in [3.05, 3.63) is 107 Å². The van der Waals surface area contributed by atoms with Crippen molar-refractivity contribution < 1.29 is 4.74 Å². The monoisotopic (exact) mass is 367 g/mol. The minimum atomic E-state index is -0.290. The van der Waals surface area contributed by atoms with E-state index in [9.17, 15) is 0 Å². The van der Waals surface area contributed by atoms with Crippen molar-refractivity contribution in [1.29, 1.82) is 0 Å². The molecule has 2 aromatic carbocycles. The molecule has 0 amide bonds. The number of ether oxygens (including phenoxy) is 1. The largest absolute Gasteiger partial charge is 0.457 e. The van der Waals surface area contributed by atoms with Gasteiger partial charge in [-0.25, -0.2) is 0 Å². The van der Waals surface area contributed by atoms with Gasteiger partial charge in [0.2, 0.25) is 0 Å². The van der Waals surface area contributed by atoms with Crippen molar-refractivity contribution in [1.82, 2.24) is 0 Å². The smallest absolute Gasteiger partial charge is 0.131 e. The second-order valence-electron chi connectivity index (χ2n) is 8.07. The summed E-state index contributed by atoms with van der Waals surface area (Å²) in [4.78, 5) is 0. The standard InChI is InChI=1S/C26H25NO/c1-4-11-22-18(2)26(20-13-6-8-15-23(20)28-22)19-12-5-7-14-21(19)27-25(3)17-10-9-16-24(25)26/h4-17,24,27H,1-3H3/b11-4-/t24?,25-,26?/m0/s1. The van der Waals surface area contributed by atoms with Gasteiger partial charge >= 0.3 is 0 Å². The Bertz CT molecular complexity index is 1070. The highest BCUT2D eigenvalue weighted by molar-refractivity contribution is 5.72. The number of anilines is 1. The van der Waals surface area contributed by atoms with E-state index in [4.69, 9.17) is 4.74 Å². The summed E-state index contributed by atoms with van der Waals surface area (Å²) >= 11 is 0. The van der Waals surface area contributed by atoms with Crippen molar-refractivity contribution in [2.24, 2.45) is 5.92 Å². The van der Waals surface area contributed by atoms with Crippen LogP contribution in [0.25, 0.3) is 0 Å². The van der Waals surface area contributed by atoms with E-state index in [1.54, 1.807) is 0 Å². The summed E-state index contributed by atoms with van der Waals surface area (Å²) in [5, 5.41) is 3.83. The SMILES string of the molecule is C/C=C\C1=C(C)C2(c3ccccc3N[C@@]3(C)C=CC=CC23)c2ccccc2O1. The average molecular weight is 367 g/mol. The molecule has 0 aromatic heterocycles.